The fourth-order valence-electron chi connectivity index (χ4n) is 1.80. The van der Waals surface area contributed by atoms with Gasteiger partial charge in [0.2, 0.25) is 5.95 Å². The van der Waals surface area contributed by atoms with Crippen LogP contribution in [0.4, 0.5) is 5.95 Å². The second-order valence-electron chi connectivity index (χ2n) is 5.15. The van der Waals surface area contributed by atoms with Gasteiger partial charge in [0, 0.05) is 22.7 Å². The van der Waals surface area contributed by atoms with Crippen molar-refractivity contribution in [3.8, 4) is 0 Å². The second-order valence-corrected chi connectivity index (χ2v) is 6.43. The minimum Gasteiger partial charge on any atom is -0.353 e. The minimum absolute atomic E-state index is 0.450. The van der Waals surface area contributed by atoms with E-state index >= 15 is 0 Å². The lowest BCUT2D eigenvalue weighted by molar-refractivity contribution is 0.805. The number of hydrogen-bond acceptors (Lipinski definition) is 4. The van der Waals surface area contributed by atoms with Crippen LogP contribution >= 0.6 is 11.8 Å². The molecule has 1 heterocycles. The van der Waals surface area contributed by atoms with Crippen LogP contribution in [0.1, 0.15) is 44.0 Å². The van der Waals surface area contributed by atoms with Crippen molar-refractivity contribution in [3.63, 3.8) is 0 Å². The maximum absolute atomic E-state index is 4.57. The van der Waals surface area contributed by atoms with Crippen molar-refractivity contribution >= 4 is 17.7 Å². The monoisotopic (exact) mass is 251 g/mol. The van der Waals surface area contributed by atoms with Gasteiger partial charge in [-0.2, -0.15) is 11.8 Å². The van der Waals surface area contributed by atoms with Crippen LogP contribution in [0, 0.1) is 6.92 Å². The van der Waals surface area contributed by atoms with E-state index in [0.717, 1.165) is 23.9 Å². The molecular formula is C13H21N3S. The van der Waals surface area contributed by atoms with Gasteiger partial charge in [0.1, 0.15) is 0 Å². The van der Waals surface area contributed by atoms with Gasteiger partial charge in [-0.3, -0.25) is 0 Å². The molecule has 3 nitrogen and oxygen atoms in total. The molecule has 0 atom stereocenters. The zero-order chi connectivity index (χ0) is 12.5. The maximum Gasteiger partial charge on any atom is 0.223 e. The topological polar surface area (TPSA) is 37.8 Å². The van der Waals surface area contributed by atoms with E-state index < -0.39 is 0 Å². The number of hydrogen-bond donors (Lipinski definition) is 1. The van der Waals surface area contributed by atoms with Crippen LogP contribution in [-0.4, -0.2) is 27.5 Å². The zero-order valence-corrected chi connectivity index (χ0v) is 11.9. The molecule has 17 heavy (non-hydrogen) atoms. The van der Waals surface area contributed by atoms with Gasteiger partial charge < -0.3 is 5.32 Å². The summed E-state index contributed by atoms with van der Waals surface area (Å²) in [6.45, 7) is 7.33. The van der Waals surface area contributed by atoms with Gasteiger partial charge in [-0.1, -0.05) is 13.8 Å². The molecule has 0 aliphatic heterocycles. The summed E-state index contributed by atoms with van der Waals surface area (Å²) < 4.78 is 0.450. The highest BCUT2D eigenvalue weighted by Crippen LogP contribution is 2.46. The SMILES string of the molecule is CSC1(CNc2nc(C)cc(C(C)C)n2)CC1. The molecule has 1 N–H and O–H groups in total. The molecule has 0 saturated heterocycles. The summed E-state index contributed by atoms with van der Waals surface area (Å²) >= 11 is 1.95. The lowest BCUT2D eigenvalue weighted by Crippen LogP contribution is -2.19. The Morgan fingerprint density at radius 2 is 2.12 bits per heavy atom. The van der Waals surface area contributed by atoms with E-state index in [1.807, 2.05) is 18.7 Å². The van der Waals surface area contributed by atoms with E-state index in [1.54, 1.807) is 0 Å². The van der Waals surface area contributed by atoms with E-state index in [0.29, 0.717) is 10.7 Å². The number of nitrogens with one attached hydrogen (secondary N) is 1. The molecule has 0 spiro atoms. The van der Waals surface area contributed by atoms with Gasteiger partial charge in [-0.15, -0.1) is 0 Å². The van der Waals surface area contributed by atoms with Crippen molar-refractivity contribution in [2.75, 3.05) is 18.1 Å². The molecule has 2 rings (SSSR count). The van der Waals surface area contributed by atoms with E-state index in [2.05, 4.69) is 41.5 Å². The summed E-state index contributed by atoms with van der Waals surface area (Å²) in [6.07, 6.45) is 4.80. The number of nitrogens with zero attached hydrogens (tertiary/aromatic N) is 2. The molecule has 1 aromatic heterocycles. The lowest BCUT2D eigenvalue weighted by Gasteiger charge is -2.14. The number of anilines is 1. The Kier molecular flexibility index (Phi) is 3.61. The third-order valence-corrected chi connectivity index (χ3v) is 4.69. The lowest BCUT2D eigenvalue weighted by atomic mass is 10.1. The Hall–Kier alpha value is -0.770. The standard InChI is InChI=1S/C13H21N3S/c1-9(2)11-7-10(3)15-12(16-11)14-8-13(17-4)5-6-13/h7,9H,5-6,8H2,1-4H3,(H,14,15,16). The summed E-state index contributed by atoms with van der Waals surface area (Å²) in [5.74, 6) is 1.24. The van der Waals surface area contributed by atoms with Crippen molar-refractivity contribution < 1.29 is 0 Å². The van der Waals surface area contributed by atoms with Gasteiger partial charge in [0.25, 0.3) is 0 Å². The smallest absolute Gasteiger partial charge is 0.223 e. The van der Waals surface area contributed by atoms with Crippen molar-refractivity contribution in [2.24, 2.45) is 0 Å². The first kappa shape index (κ1) is 12.7. The molecule has 1 aliphatic rings. The van der Waals surface area contributed by atoms with Crippen molar-refractivity contribution in [1.29, 1.82) is 0 Å². The summed E-state index contributed by atoms with van der Waals surface area (Å²) in [7, 11) is 0. The summed E-state index contributed by atoms with van der Waals surface area (Å²) in [5, 5.41) is 3.39. The third-order valence-electron chi connectivity index (χ3n) is 3.27. The second kappa shape index (κ2) is 4.84. The highest BCUT2D eigenvalue weighted by atomic mass is 32.2. The Bertz CT molecular complexity index is 400. The quantitative estimate of drug-likeness (QED) is 0.872. The molecule has 94 valence electrons. The Morgan fingerprint density at radius 1 is 1.41 bits per heavy atom. The molecule has 1 fully saturated rings. The normalized spacial score (nSPS) is 17.2. The molecule has 1 aromatic rings. The van der Waals surface area contributed by atoms with Gasteiger partial charge >= 0.3 is 0 Å². The molecule has 0 aromatic carbocycles. The Morgan fingerprint density at radius 3 is 2.65 bits per heavy atom. The van der Waals surface area contributed by atoms with E-state index in [9.17, 15) is 0 Å². The molecule has 0 amide bonds. The molecule has 0 unspecified atom stereocenters. The van der Waals surface area contributed by atoms with Crippen LogP contribution in [0.25, 0.3) is 0 Å². The molecule has 1 saturated carbocycles. The van der Waals surface area contributed by atoms with Gasteiger partial charge in [-0.05, 0) is 38.0 Å². The van der Waals surface area contributed by atoms with Crippen molar-refractivity contribution in [1.82, 2.24) is 9.97 Å². The highest BCUT2D eigenvalue weighted by Gasteiger charge is 2.41. The molecule has 0 radical (unpaired) electrons. The molecular weight excluding hydrogens is 230 g/mol. The predicted octanol–water partition coefficient (Wildman–Crippen LogP) is 3.22. The number of rotatable bonds is 5. The summed E-state index contributed by atoms with van der Waals surface area (Å²) in [5.41, 5.74) is 2.16. The first-order valence-electron chi connectivity index (χ1n) is 6.19. The van der Waals surface area contributed by atoms with Crippen molar-refractivity contribution in [2.45, 2.75) is 44.3 Å². The summed E-state index contributed by atoms with van der Waals surface area (Å²) in [6, 6.07) is 2.07. The summed E-state index contributed by atoms with van der Waals surface area (Å²) in [4.78, 5) is 9.02. The van der Waals surface area contributed by atoms with E-state index in [1.165, 1.54) is 12.8 Å². The minimum atomic E-state index is 0.450. The van der Waals surface area contributed by atoms with Gasteiger partial charge in [0.15, 0.2) is 0 Å². The van der Waals surface area contributed by atoms with Crippen molar-refractivity contribution in [3.05, 3.63) is 17.5 Å². The fraction of sp³-hybridized carbons (Fsp3) is 0.692. The average Bonchev–Trinajstić information content (AvgIpc) is 3.06. The molecule has 0 bridgehead atoms. The highest BCUT2D eigenvalue weighted by molar-refractivity contribution is 8.00. The van der Waals surface area contributed by atoms with Gasteiger partial charge in [-0.25, -0.2) is 9.97 Å². The van der Waals surface area contributed by atoms with Crippen LogP contribution in [0.2, 0.25) is 0 Å². The van der Waals surface area contributed by atoms with Gasteiger partial charge in [0.05, 0.1) is 0 Å². The average molecular weight is 251 g/mol. The fourth-order valence-corrected chi connectivity index (χ4v) is 2.53. The van der Waals surface area contributed by atoms with Crippen LogP contribution in [-0.2, 0) is 0 Å². The predicted molar refractivity (Wildman–Crippen MR) is 74.8 cm³/mol. The van der Waals surface area contributed by atoms with Crippen LogP contribution < -0.4 is 5.32 Å². The van der Waals surface area contributed by atoms with E-state index in [-0.39, 0.29) is 0 Å². The Labute approximate surface area is 108 Å². The largest absolute Gasteiger partial charge is 0.353 e. The van der Waals surface area contributed by atoms with Crippen LogP contribution in [0.3, 0.4) is 0 Å². The zero-order valence-electron chi connectivity index (χ0n) is 11.1. The number of thioether (sulfide) groups is 1. The maximum atomic E-state index is 4.57. The number of aryl methyl sites for hydroxylation is 1. The molecule has 1 aliphatic carbocycles. The first-order valence-corrected chi connectivity index (χ1v) is 7.42. The Balaban J connectivity index is 2.05. The van der Waals surface area contributed by atoms with E-state index in [4.69, 9.17) is 0 Å². The first-order chi connectivity index (χ1) is 8.04. The van der Waals surface area contributed by atoms with Crippen LogP contribution in [0.5, 0.6) is 0 Å². The molecule has 4 heteroatoms. The third kappa shape index (κ3) is 3.12. The van der Waals surface area contributed by atoms with Crippen LogP contribution in [0.15, 0.2) is 6.07 Å². The number of aromatic nitrogens is 2.